The quantitative estimate of drug-likeness (QED) is 0.766. The summed E-state index contributed by atoms with van der Waals surface area (Å²) in [6, 6.07) is 6.13. The van der Waals surface area contributed by atoms with E-state index in [9.17, 15) is 4.79 Å². The van der Waals surface area contributed by atoms with Gasteiger partial charge in [0.05, 0.1) is 11.9 Å². The number of nitrogens with zero attached hydrogens (tertiary/aromatic N) is 4. The molecule has 0 saturated carbocycles. The molecular weight excluding hydrogens is 354 g/mol. The van der Waals surface area contributed by atoms with E-state index in [1.165, 1.54) is 0 Å². The number of nitrogens with one attached hydrogen (secondary N) is 1. The van der Waals surface area contributed by atoms with Crippen LogP contribution in [0.4, 0.5) is 0 Å². The van der Waals surface area contributed by atoms with E-state index in [-0.39, 0.29) is 12.5 Å². The number of hydrogen-bond acceptors (Lipinski definition) is 5. The predicted octanol–water partition coefficient (Wildman–Crippen LogP) is 1.50. The molecule has 7 heteroatoms. The van der Waals surface area contributed by atoms with Crippen molar-refractivity contribution in [2.24, 2.45) is 0 Å². The largest absolute Gasteiger partial charge is 0.488 e. The zero-order valence-corrected chi connectivity index (χ0v) is 16.8. The van der Waals surface area contributed by atoms with E-state index in [1.54, 1.807) is 10.9 Å². The molecule has 0 unspecified atom stereocenters. The van der Waals surface area contributed by atoms with Gasteiger partial charge in [0.1, 0.15) is 18.9 Å². The molecule has 1 fully saturated rings. The van der Waals surface area contributed by atoms with Gasteiger partial charge in [-0.1, -0.05) is 11.6 Å². The Bertz CT molecular complexity index is 839. The average Bonchev–Trinajstić information content (AvgIpc) is 3.10. The van der Waals surface area contributed by atoms with Crippen LogP contribution in [-0.2, 0) is 17.9 Å². The van der Waals surface area contributed by atoms with Gasteiger partial charge in [0.25, 0.3) is 0 Å². The number of aryl methyl sites for hydroxylation is 1. The molecule has 0 spiro atoms. The maximum absolute atomic E-state index is 12.4. The fourth-order valence-corrected chi connectivity index (χ4v) is 3.87. The minimum absolute atomic E-state index is 0.00460. The number of carbonyl (C=O) groups excluding carboxylic acids is 1. The van der Waals surface area contributed by atoms with Gasteiger partial charge < -0.3 is 19.9 Å². The van der Waals surface area contributed by atoms with E-state index in [0.717, 1.165) is 67.3 Å². The summed E-state index contributed by atoms with van der Waals surface area (Å²) < 4.78 is 7.60. The highest BCUT2D eigenvalue weighted by Gasteiger charge is 2.23. The Morgan fingerprint density at radius 2 is 2.07 bits per heavy atom. The molecule has 0 bridgehead atoms. The molecule has 3 heterocycles. The Balaban J connectivity index is 1.31. The summed E-state index contributed by atoms with van der Waals surface area (Å²) in [7, 11) is 2.16. The summed E-state index contributed by atoms with van der Waals surface area (Å²) >= 11 is 0. The van der Waals surface area contributed by atoms with Gasteiger partial charge in [-0.25, -0.2) is 0 Å². The van der Waals surface area contributed by atoms with Gasteiger partial charge in [-0.15, -0.1) is 0 Å². The highest BCUT2D eigenvalue weighted by atomic mass is 16.5. The number of ether oxygens (including phenoxy) is 1. The van der Waals surface area contributed by atoms with Crippen LogP contribution >= 0.6 is 0 Å². The van der Waals surface area contributed by atoms with Crippen molar-refractivity contribution in [1.29, 1.82) is 0 Å². The molecule has 4 rings (SSSR count). The van der Waals surface area contributed by atoms with Gasteiger partial charge in [0, 0.05) is 43.9 Å². The molecule has 0 aliphatic carbocycles. The molecule has 0 radical (unpaired) electrons. The first-order valence-electron chi connectivity index (χ1n) is 10.1. The molecule has 150 valence electrons. The maximum Gasteiger partial charge on any atom is 0.241 e. The number of rotatable bonds is 6. The standard InChI is InChI=1S/C21H29N5O2/c1-16-4-5-19-18(12-16)21-17(15-28-19)13-23-26(21)14-20(27)22-6-3-7-25-10-8-24(2)9-11-25/h4-5,12-13H,3,6-11,14-15H2,1-2H3,(H,22,27). The van der Waals surface area contributed by atoms with E-state index in [2.05, 4.69) is 40.3 Å². The van der Waals surface area contributed by atoms with Crippen molar-refractivity contribution in [1.82, 2.24) is 24.9 Å². The van der Waals surface area contributed by atoms with Gasteiger partial charge in [-0.05, 0) is 39.1 Å². The van der Waals surface area contributed by atoms with Crippen molar-refractivity contribution >= 4 is 5.91 Å². The third-order valence-electron chi connectivity index (χ3n) is 5.55. The van der Waals surface area contributed by atoms with Crippen LogP contribution in [0, 0.1) is 6.92 Å². The van der Waals surface area contributed by atoms with Crippen LogP contribution in [0.5, 0.6) is 5.75 Å². The lowest BCUT2D eigenvalue weighted by Crippen LogP contribution is -2.45. The van der Waals surface area contributed by atoms with Crippen LogP contribution < -0.4 is 10.1 Å². The maximum atomic E-state index is 12.4. The molecular formula is C21H29N5O2. The molecule has 1 aromatic carbocycles. The third-order valence-corrected chi connectivity index (χ3v) is 5.55. The van der Waals surface area contributed by atoms with Crippen LogP contribution in [-0.4, -0.2) is 71.8 Å². The normalized spacial score (nSPS) is 16.9. The number of likely N-dealkylation sites (N-methyl/N-ethyl adjacent to an activating group) is 1. The van der Waals surface area contributed by atoms with Crippen LogP contribution in [0.15, 0.2) is 24.4 Å². The Labute approximate surface area is 166 Å². The minimum atomic E-state index is 0.00460. The Morgan fingerprint density at radius 1 is 1.25 bits per heavy atom. The van der Waals surface area contributed by atoms with Crippen molar-refractivity contribution < 1.29 is 9.53 Å². The van der Waals surface area contributed by atoms with Crippen LogP contribution in [0.3, 0.4) is 0 Å². The first-order chi connectivity index (χ1) is 13.6. The van der Waals surface area contributed by atoms with Gasteiger partial charge in [-0.2, -0.15) is 5.10 Å². The summed E-state index contributed by atoms with van der Waals surface area (Å²) in [5.41, 5.74) is 4.21. The number of benzene rings is 1. The van der Waals surface area contributed by atoms with E-state index < -0.39 is 0 Å². The molecule has 2 aliphatic rings. The smallest absolute Gasteiger partial charge is 0.241 e. The van der Waals surface area contributed by atoms with Crippen molar-refractivity contribution in [3.8, 4) is 17.0 Å². The molecule has 7 nitrogen and oxygen atoms in total. The second kappa shape index (κ2) is 8.32. The zero-order valence-electron chi connectivity index (χ0n) is 16.8. The van der Waals surface area contributed by atoms with Crippen molar-refractivity contribution in [3.63, 3.8) is 0 Å². The Kier molecular flexibility index (Phi) is 5.64. The molecule has 2 aliphatic heterocycles. The zero-order chi connectivity index (χ0) is 19.5. The summed E-state index contributed by atoms with van der Waals surface area (Å²) in [5, 5.41) is 7.48. The summed E-state index contributed by atoms with van der Waals surface area (Å²) in [5.74, 6) is 0.859. The van der Waals surface area contributed by atoms with E-state index in [1.807, 2.05) is 12.1 Å². The molecule has 1 saturated heterocycles. The monoisotopic (exact) mass is 383 g/mol. The second-order valence-electron chi connectivity index (χ2n) is 7.81. The summed E-state index contributed by atoms with van der Waals surface area (Å²) in [6.45, 7) is 9.01. The van der Waals surface area contributed by atoms with Gasteiger partial charge in [0.2, 0.25) is 5.91 Å². The topological polar surface area (TPSA) is 62.6 Å². The number of amides is 1. The third kappa shape index (κ3) is 4.20. The van der Waals surface area contributed by atoms with Crippen molar-refractivity contribution in [3.05, 3.63) is 35.5 Å². The number of hydrogen-bond donors (Lipinski definition) is 1. The number of fused-ring (bicyclic) bond motifs is 3. The highest BCUT2D eigenvalue weighted by Crippen LogP contribution is 2.37. The molecule has 28 heavy (non-hydrogen) atoms. The fraction of sp³-hybridized carbons (Fsp3) is 0.524. The lowest BCUT2D eigenvalue weighted by atomic mass is 10.0. The van der Waals surface area contributed by atoms with Gasteiger partial charge in [-0.3, -0.25) is 9.48 Å². The first kappa shape index (κ1) is 19.0. The molecule has 1 amide bonds. The first-order valence-corrected chi connectivity index (χ1v) is 10.1. The van der Waals surface area contributed by atoms with Gasteiger partial charge in [0.15, 0.2) is 0 Å². The number of piperazine rings is 1. The summed E-state index contributed by atoms with van der Waals surface area (Å²) in [4.78, 5) is 17.3. The van der Waals surface area contributed by atoms with E-state index in [4.69, 9.17) is 4.74 Å². The fourth-order valence-electron chi connectivity index (χ4n) is 3.87. The Morgan fingerprint density at radius 3 is 2.89 bits per heavy atom. The average molecular weight is 383 g/mol. The number of carbonyl (C=O) groups is 1. The predicted molar refractivity (Wildman–Crippen MR) is 108 cm³/mol. The number of aromatic nitrogens is 2. The minimum Gasteiger partial charge on any atom is -0.488 e. The van der Waals surface area contributed by atoms with Crippen molar-refractivity contribution in [2.75, 3.05) is 46.3 Å². The lowest BCUT2D eigenvalue weighted by Gasteiger charge is -2.32. The van der Waals surface area contributed by atoms with Crippen LogP contribution in [0.1, 0.15) is 17.5 Å². The van der Waals surface area contributed by atoms with Crippen LogP contribution in [0.2, 0.25) is 0 Å². The van der Waals surface area contributed by atoms with Crippen LogP contribution in [0.25, 0.3) is 11.3 Å². The highest BCUT2D eigenvalue weighted by molar-refractivity contribution is 5.78. The lowest BCUT2D eigenvalue weighted by molar-refractivity contribution is -0.121. The molecule has 1 aromatic heterocycles. The molecule has 0 atom stereocenters. The van der Waals surface area contributed by atoms with Crippen molar-refractivity contribution in [2.45, 2.75) is 26.5 Å². The SMILES string of the molecule is Cc1ccc2c(c1)-c1c(cnn1CC(=O)NCCCN1CCN(C)CC1)CO2. The van der Waals surface area contributed by atoms with E-state index >= 15 is 0 Å². The van der Waals surface area contributed by atoms with Gasteiger partial charge >= 0.3 is 0 Å². The van der Waals surface area contributed by atoms with E-state index in [0.29, 0.717) is 13.2 Å². The summed E-state index contributed by atoms with van der Waals surface area (Å²) in [6.07, 6.45) is 2.78. The molecule has 1 N–H and O–H groups in total. The Hall–Kier alpha value is -2.38. The second-order valence-corrected chi connectivity index (χ2v) is 7.81. The molecule has 2 aromatic rings.